The van der Waals surface area contributed by atoms with Gasteiger partial charge in [-0.25, -0.2) is 8.42 Å². The van der Waals surface area contributed by atoms with Crippen LogP contribution < -0.4 is 4.80 Å². The SMILES string of the molecule is CSCCn1c(=NC(=O)c2ccccc2S(C)(=O)=O)sc2c(C)cc(C)cc21. The first kappa shape index (κ1) is 20.8. The van der Waals surface area contributed by atoms with Gasteiger partial charge in [0.1, 0.15) is 0 Å². The molecule has 3 aromatic rings. The van der Waals surface area contributed by atoms with Gasteiger partial charge in [0.25, 0.3) is 5.91 Å². The fourth-order valence-corrected chi connectivity index (χ4v) is 5.46. The Morgan fingerprint density at radius 1 is 1.21 bits per heavy atom. The maximum Gasteiger partial charge on any atom is 0.280 e. The molecule has 0 bridgehead atoms. The number of sulfone groups is 1. The number of thioether (sulfide) groups is 1. The van der Waals surface area contributed by atoms with Gasteiger partial charge in [-0.05, 0) is 49.4 Å². The minimum Gasteiger partial charge on any atom is -0.315 e. The Balaban J connectivity index is 2.22. The molecule has 0 aliphatic heterocycles. The summed E-state index contributed by atoms with van der Waals surface area (Å²) in [6, 6.07) is 10.4. The predicted molar refractivity (Wildman–Crippen MR) is 117 cm³/mol. The van der Waals surface area contributed by atoms with Crippen molar-refractivity contribution >= 4 is 49.1 Å². The number of aryl methyl sites for hydroxylation is 3. The van der Waals surface area contributed by atoms with E-state index in [1.165, 1.54) is 23.5 Å². The highest BCUT2D eigenvalue weighted by Gasteiger charge is 2.18. The Labute approximate surface area is 173 Å². The van der Waals surface area contributed by atoms with Gasteiger partial charge < -0.3 is 4.57 Å². The Morgan fingerprint density at radius 2 is 1.93 bits per heavy atom. The third kappa shape index (κ3) is 4.24. The number of rotatable bonds is 5. The minimum absolute atomic E-state index is 0.00699. The van der Waals surface area contributed by atoms with E-state index in [9.17, 15) is 13.2 Å². The van der Waals surface area contributed by atoms with Gasteiger partial charge in [-0.1, -0.05) is 29.5 Å². The molecule has 0 aliphatic rings. The quantitative estimate of drug-likeness (QED) is 0.612. The van der Waals surface area contributed by atoms with Crippen molar-refractivity contribution in [2.75, 3.05) is 18.3 Å². The van der Waals surface area contributed by atoms with Crippen molar-refractivity contribution in [3.63, 3.8) is 0 Å². The van der Waals surface area contributed by atoms with Crippen LogP contribution in [0.5, 0.6) is 0 Å². The molecule has 0 radical (unpaired) electrons. The Morgan fingerprint density at radius 3 is 2.61 bits per heavy atom. The zero-order chi connectivity index (χ0) is 20.5. The van der Waals surface area contributed by atoms with Crippen molar-refractivity contribution in [2.24, 2.45) is 4.99 Å². The molecular formula is C20H22N2O3S3. The lowest BCUT2D eigenvalue weighted by Gasteiger charge is -2.06. The van der Waals surface area contributed by atoms with Gasteiger partial charge in [0.2, 0.25) is 0 Å². The molecular weight excluding hydrogens is 412 g/mol. The minimum atomic E-state index is -3.52. The molecule has 0 fully saturated rings. The van der Waals surface area contributed by atoms with E-state index in [0.717, 1.165) is 39.9 Å². The molecule has 1 amide bonds. The molecule has 2 aromatic carbocycles. The second kappa shape index (κ2) is 8.23. The average molecular weight is 435 g/mol. The van der Waals surface area contributed by atoms with E-state index in [4.69, 9.17) is 0 Å². The summed E-state index contributed by atoms with van der Waals surface area (Å²) in [6.45, 7) is 4.83. The molecule has 1 aromatic heterocycles. The van der Waals surface area contributed by atoms with Crippen molar-refractivity contribution in [2.45, 2.75) is 25.3 Å². The number of thiazole rings is 1. The molecule has 0 saturated heterocycles. The molecule has 28 heavy (non-hydrogen) atoms. The summed E-state index contributed by atoms with van der Waals surface area (Å²) in [5.74, 6) is 0.347. The number of amides is 1. The molecule has 8 heteroatoms. The smallest absolute Gasteiger partial charge is 0.280 e. The first-order chi connectivity index (χ1) is 13.2. The van der Waals surface area contributed by atoms with Crippen LogP contribution in [0.3, 0.4) is 0 Å². The summed E-state index contributed by atoms with van der Waals surface area (Å²) < 4.78 is 27.2. The van der Waals surface area contributed by atoms with Gasteiger partial charge >= 0.3 is 0 Å². The second-order valence-electron chi connectivity index (χ2n) is 6.64. The normalized spacial score (nSPS) is 12.6. The first-order valence-corrected chi connectivity index (χ1v) is 12.8. The predicted octanol–water partition coefficient (Wildman–Crippen LogP) is 3.83. The number of nitrogens with zero attached hydrogens (tertiary/aromatic N) is 2. The third-order valence-electron chi connectivity index (χ3n) is 4.35. The van der Waals surface area contributed by atoms with Gasteiger partial charge in [0.15, 0.2) is 14.6 Å². The van der Waals surface area contributed by atoms with Gasteiger partial charge in [0, 0.05) is 18.6 Å². The van der Waals surface area contributed by atoms with Crippen LogP contribution in [0.15, 0.2) is 46.3 Å². The van der Waals surface area contributed by atoms with E-state index in [2.05, 4.69) is 28.6 Å². The first-order valence-electron chi connectivity index (χ1n) is 8.70. The number of fused-ring (bicyclic) bond motifs is 1. The Kier molecular flexibility index (Phi) is 6.12. The second-order valence-corrected chi connectivity index (χ2v) is 10.6. The summed E-state index contributed by atoms with van der Waals surface area (Å²) in [4.78, 5) is 17.8. The van der Waals surface area contributed by atoms with E-state index >= 15 is 0 Å². The third-order valence-corrected chi connectivity index (χ3v) is 7.32. The Hall–Kier alpha value is -1.90. The standard InChI is InChI=1S/C20H22N2O3S3/c1-13-11-14(2)18-16(12-13)22(9-10-26-3)20(27-18)21-19(23)15-7-5-6-8-17(15)28(4,24)25/h5-8,11-12H,9-10H2,1-4H3. The monoisotopic (exact) mass is 434 g/mol. The van der Waals surface area contributed by atoms with Gasteiger partial charge in [0.05, 0.1) is 20.7 Å². The van der Waals surface area contributed by atoms with Crippen molar-refractivity contribution in [3.05, 3.63) is 57.9 Å². The van der Waals surface area contributed by atoms with Crippen LogP contribution >= 0.6 is 23.1 Å². The summed E-state index contributed by atoms with van der Waals surface area (Å²) in [6.07, 6.45) is 3.14. The largest absolute Gasteiger partial charge is 0.315 e. The van der Waals surface area contributed by atoms with E-state index in [-0.39, 0.29) is 10.5 Å². The molecule has 5 nitrogen and oxygen atoms in total. The summed E-state index contributed by atoms with van der Waals surface area (Å²) >= 11 is 3.19. The maximum atomic E-state index is 12.9. The van der Waals surface area contributed by atoms with Crippen molar-refractivity contribution in [1.29, 1.82) is 0 Å². The van der Waals surface area contributed by atoms with Crippen LogP contribution in [0.25, 0.3) is 10.2 Å². The highest BCUT2D eigenvalue weighted by atomic mass is 32.2. The lowest BCUT2D eigenvalue weighted by atomic mass is 10.1. The highest BCUT2D eigenvalue weighted by Crippen LogP contribution is 2.24. The summed E-state index contributed by atoms with van der Waals surface area (Å²) in [5, 5.41) is 0. The average Bonchev–Trinajstić information content (AvgIpc) is 2.96. The molecule has 0 spiro atoms. The van der Waals surface area contributed by atoms with E-state index in [0.29, 0.717) is 4.80 Å². The number of carbonyl (C=O) groups excluding carboxylic acids is 1. The van der Waals surface area contributed by atoms with E-state index in [1.54, 1.807) is 23.9 Å². The maximum absolute atomic E-state index is 12.9. The number of hydrogen-bond acceptors (Lipinski definition) is 5. The number of hydrogen-bond donors (Lipinski definition) is 0. The van der Waals surface area contributed by atoms with Crippen LogP contribution in [-0.2, 0) is 16.4 Å². The van der Waals surface area contributed by atoms with Crippen LogP contribution in [0.2, 0.25) is 0 Å². The molecule has 0 unspecified atom stereocenters. The van der Waals surface area contributed by atoms with Gasteiger partial charge in [-0.2, -0.15) is 16.8 Å². The van der Waals surface area contributed by atoms with Crippen LogP contribution in [0, 0.1) is 13.8 Å². The lowest BCUT2D eigenvalue weighted by molar-refractivity contribution is 0.0994. The highest BCUT2D eigenvalue weighted by molar-refractivity contribution is 7.98. The van der Waals surface area contributed by atoms with Gasteiger partial charge in [-0.3, -0.25) is 4.79 Å². The number of carbonyl (C=O) groups is 1. The lowest BCUT2D eigenvalue weighted by Crippen LogP contribution is -2.19. The Bertz CT molecular complexity index is 1220. The molecule has 148 valence electrons. The molecule has 0 N–H and O–H groups in total. The van der Waals surface area contributed by atoms with Gasteiger partial charge in [-0.15, -0.1) is 0 Å². The number of benzene rings is 2. The molecule has 0 saturated carbocycles. The number of aromatic nitrogens is 1. The summed E-state index contributed by atoms with van der Waals surface area (Å²) in [7, 11) is -3.52. The molecule has 3 rings (SSSR count). The van der Waals surface area contributed by atoms with Crippen molar-refractivity contribution in [1.82, 2.24) is 4.57 Å². The topological polar surface area (TPSA) is 68.5 Å². The van der Waals surface area contributed by atoms with Crippen LogP contribution in [0.4, 0.5) is 0 Å². The fraction of sp³-hybridized carbons (Fsp3) is 0.300. The fourth-order valence-electron chi connectivity index (χ4n) is 3.11. The molecule has 1 heterocycles. The van der Waals surface area contributed by atoms with E-state index < -0.39 is 15.7 Å². The van der Waals surface area contributed by atoms with E-state index in [1.807, 2.05) is 13.2 Å². The van der Waals surface area contributed by atoms with Crippen LogP contribution in [-0.4, -0.2) is 37.2 Å². The molecule has 0 aliphatic carbocycles. The zero-order valence-electron chi connectivity index (χ0n) is 16.2. The van der Waals surface area contributed by atoms with Crippen LogP contribution in [0.1, 0.15) is 21.5 Å². The van der Waals surface area contributed by atoms with Crippen molar-refractivity contribution in [3.8, 4) is 0 Å². The van der Waals surface area contributed by atoms with Crippen molar-refractivity contribution < 1.29 is 13.2 Å². The zero-order valence-corrected chi connectivity index (χ0v) is 18.7. The summed E-state index contributed by atoms with van der Waals surface area (Å²) in [5.41, 5.74) is 3.45. The molecule has 0 atom stereocenters.